The van der Waals surface area contributed by atoms with Crippen LogP contribution in [0.2, 0.25) is 0 Å². The molecule has 1 amide bonds. The Bertz CT molecular complexity index is 455. The fourth-order valence-electron chi connectivity index (χ4n) is 2.36. The maximum absolute atomic E-state index is 12.2. The number of nitrogens with one attached hydrogen (secondary N) is 2. The second kappa shape index (κ2) is 7.05. The first kappa shape index (κ1) is 14.5. The first-order valence-electron chi connectivity index (χ1n) is 6.89. The van der Waals surface area contributed by atoms with E-state index < -0.39 is 12.0 Å². The molecule has 20 heavy (non-hydrogen) atoms. The van der Waals surface area contributed by atoms with Crippen molar-refractivity contribution in [2.24, 2.45) is 0 Å². The average molecular weight is 276 g/mol. The van der Waals surface area contributed by atoms with E-state index in [4.69, 9.17) is 4.74 Å². The Hall–Kier alpha value is -1.88. The van der Waals surface area contributed by atoms with Crippen LogP contribution in [0.1, 0.15) is 30.9 Å². The molecule has 5 heteroatoms. The predicted molar refractivity (Wildman–Crippen MR) is 75.0 cm³/mol. The number of carbonyl (C=O) groups is 2. The molecule has 0 saturated carbocycles. The molecule has 1 unspecified atom stereocenters. The lowest BCUT2D eigenvalue weighted by Gasteiger charge is -2.25. The van der Waals surface area contributed by atoms with Crippen LogP contribution < -0.4 is 10.6 Å². The van der Waals surface area contributed by atoms with Crippen LogP contribution in [0.25, 0.3) is 0 Å². The van der Waals surface area contributed by atoms with Crippen LogP contribution in [-0.4, -0.2) is 31.6 Å². The number of ether oxygens (including phenoxy) is 1. The average Bonchev–Trinajstić information content (AvgIpc) is 2.53. The van der Waals surface area contributed by atoms with Crippen LogP contribution in [0.5, 0.6) is 0 Å². The Morgan fingerprint density at radius 3 is 2.65 bits per heavy atom. The Balaban J connectivity index is 2.08. The Labute approximate surface area is 118 Å². The van der Waals surface area contributed by atoms with E-state index in [1.807, 2.05) is 18.2 Å². The Morgan fingerprint density at radius 2 is 2.05 bits per heavy atom. The van der Waals surface area contributed by atoms with Crippen LogP contribution >= 0.6 is 0 Å². The van der Waals surface area contributed by atoms with Gasteiger partial charge in [0.2, 0.25) is 5.91 Å². The summed E-state index contributed by atoms with van der Waals surface area (Å²) in [5.41, 5.74) is 0.725. The molecule has 2 atom stereocenters. The number of esters is 1. The van der Waals surface area contributed by atoms with Crippen molar-refractivity contribution in [3.05, 3.63) is 35.9 Å². The van der Waals surface area contributed by atoms with Crippen LogP contribution in [0.3, 0.4) is 0 Å². The molecule has 1 aliphatic heterocycles. The highest BCUT2D eigenvalue weighted by molar-refractivity contribution is 5.88. The van der Waals surface area contributed by atoms with Crippen molar-refractivity contribution in [3.8, 4) is 0 Å². The minimum Gasteiger partial charge on any atom is -0.467 e. The third-order valence-corrected chi connectivity index (χ3v) is 3.48. The summed E-state index contributed by atoms with van der Waals surface area (Å²) in [6.07, 6.45) is 2.91. The van der Waals surface area contributed by atoms with Gasteiger partial charge in [-0.05, 0) is 24.9 Å². The molecule has 0 spiro atoms. The number of amides is 1. The van der Waals surface area contributed by atoms with Gasteiger partial charge in [0, 0.05) is 0 Å². The van der Waals surface area contributed by atoms with Crippen molar-refractivity contribution < 1.29 is 14.3 Å². The van der Waals surface area contributed by atoms with E-state index in [-0.39, 0.29) is 11.9 Å². The predicted octanol–water partition coefficient (Wildman–Crippen LogP) is 1.16. The molecule has 0 aromatic heterocycles. The summed E-state index contributed by atoms with van der Waals surface area (Å²) in [6.45, 7) is 0.840. The van der Waals surface area contributed by atoms with E-state index in [9.17, 15) is 9.59 Å². The number of benzene rings is 1. The molecule has 1 saturated heterocycles. The number of hydrogen-bond acceptors (Lipinski definition) is 4. The summed E-state index contributed by atoms with van der Waals surface area (Å²) in [6, 6.07) is 8.15. The normalized spacial score (nSPS) is 19.9. The fourth-order valence-corrected chi connectivity index (χ4v) is 2.36. The van der Waals surface area contributed by atoms with Crippen molar-refractivity contribution in [1.82, 2.24) is 10.6 Å². The van der Waals surface area contributed by atoms with Crippen LogP contribution in [0, 0.1) is 0 Å². The lowest BCUT2D eigenvalue weighted by molar-refractivity contribution is -0.145. The molecule has 1 aliphatic rings. The van der Waals surface area contributed by atoms with Crippen molar-refractivity contribution in [2.45, 2.75) is 31.3 Å². The zero-order chi connectivity index (χ0) is 14.4. The summed E-state index contributed by atoms with van der Waals surface area (Å²) >= 11 is 0. The molecule has 2 N–H and O–H groups in total. The zero-order valence-corrected chi connectivity index (χ0v) is 11.6. The van der Waals surface area contributed by atoms with Gasteiger partial charge in [0.15, 0.2) is 6.04 Å². The number of hydrogen-bond donors (Lipinski definition) is 2. The SMILES string of the molecule is COC(=O)C(NC(=O)[C@H]1CCCCN1)c1ccccc1. The summed E-state index contributed by atoms with van der Waals surface area (Å²) in [7, 11) is 1.32. The summed E-state index contributed by atoms with van der Waals surface area (Å²) in [5.74, 6) is -0.607. The molecule has 108 valence electrons. The van der Waals surface area contributed by atoms with Gasteiger partial charge in [-0.1, -0.05) is 36.8 Å². The van der Waals surface area contributed by atoms with E-state index in [1.54, 1.807) is 12.1 Å². The molecule has 2 rings (SSSR count). The molecule has 5 nitrogen and oxygen atoms in total. The first-order chi connectivity index (χ1) is 9.72. The van der Waals surface area contributed by atoms with Gasteiger partial charge in [0.25, 0.3) is 0 Å². The second-order valence-electron chi connectivity index (χ2n) is 4.88. The molecule has 0 aliphatic carbocycles. The number of piperidine rings is 1. The molecule has 1 aromatic carbocycles. The lowest BCUT2D eigenvalue weighted by atomic mass is 10.0. The molecular weight excluding hydrogens is 256 g/mol. The molecule has 0 bridgehead atoms. The molecule has 1 aromatic rings. The van der Waals surface area contributed by atoms with Gasteiger partial charge in [0.1, 0.15) is 0 Å². The maximum Gasteiger partial charge on any atom is 0.333 e. The van der Waals surface area contributed by atoms with Gasteiger partial charge >= 0.3 is 5.97 Å². The van der Waals surface area contributed by atoms with Crippen molar-refractivity contribution in [1.29, 1.82) is 0 Å². The van der Waals surface area contributed by atoms with Crippen LogP contribution in [-0.2, 0) is 14.3 Å². The summed E-state index contributed by atoms with van der Waals surface area (Å²) < 4.78 is 4.78. The van der Waals surface area contributed by atoms with Crippen molar-refractivity contribution in [2.75, 3.05) is 13.7 Å². The molecular formula is C15H20N2O3. The van der Waals surface area contributed by atoms with E-state index >= 15 is 0 Å². The van der Waals surface area contributed by atoms with Crippen LogP contribution in [0.15, 0.2) is 30.3 Å². The van der Waals surface area contributed by atoms with Gasteiger partial charge in [0.05, 0.1) is 13.2 Å². The van der Waals surface area contributed by atoms with E-state index in [2.05, 4.69) is 10.6 Å². The summed E-state index contributed by atoms with van der Waals surface area (Å²) in [5, 5.41) is 5.95. The molecule has 0 radical (unpaired) electrons. The van der Waals surface area contributed by atoms with Gasteiger partial charge < -0.3 is 15.4 Å². The van der Waals surface area contributed by atoms with Crippen LogP contribution in [0.4, 0.5) is 0 Å². The third-order valence-electron chi connectivity index (χ3n) is 3.48. The molecule has 1 heterocycles. The summed E-state index contributed by atoms with van der Waals surface area (Å²) in [4.78, 5) is 24.1. The van der Waals surface area contributed by atoms with Crippen molar-refractivity contribution >= 4 is 11.9 Å². The van der Waals surface area contributed by atoms with Gasteiger partial charge in [-0.3, -0.25) is 4.79 Å². The highest BCUT2D eigenvalue weighted by Crippen LogP contribution is 2.15. The maximum atomic E-state index is 12.2. The Morgan fingerprint density at radius 1 is 1.30 bits per heavy atom. The van der Waals surface area contributed by atoms with E-state index in [0.717, 1.165) is 31.4 Å². The van der Waals surface area contributed by atoms with Gasteiger partial charge in [-0.15, -0.1) is 0 Å². The first-order valence-corrected chi connectivity index (χ1v) is 6.89. The fraction of sp³-hybridized carbons (Fsp3) is 0.467. The molecule has 1 fully saturated rings. The number of methoxy groups -OCH3 is 1. The lowest BCUT2D eigenvalue weighted by Crippen LogP contribution is -2.48. The minimum absolute atomic E-state index is 0.149. The Kier molecular flexibility index (Phi) is 5.12. The quantitative estimate of drug-likeness (QED) is 0.810. The topological polar surface area (TPSA) is 67.4 Å². The second-order valence-corrected chi connectivity index (χ2v) is 4.88. The largest absolute Gasteiger partial charge is 0.467 e. The monoisotopic (exact) mass is 276 g/mol. The van der Waals surface area contributed by atoms with Gasteiger partial charge in [-0.2, -0.15) is 0 Å². The third kappa shape index (κ3) is 3.57. The highest BCUT2D eigenvalue weighted by Gasteiger charge is 2.27. The number of carbonyl (C=O) groups excluding carboxylic acids is 2. The van der Waals surface area contributed by atoms with Crippen molar-refractivity contribution in [3.63, 3.8) is 0 Å². The highest BCUT2D eigenvalue weighted by atomic mass is 16.5. The minimum atomic E-state index is -0.752. The van der Waals surface area contributed by atoms with Gasteiger partial charge in [-0.25, -0.2) is 4.79 Å². The van der Waals surface area contributed by atoms with E-state index in [1.165, 1.54) is 7.11 Å². The smallest absolute Gasteiger partial charge is 0.333 e. The standard InChI is InChI=1S/C15H20N2O3/c1-20-15(19)13(11-7-3-2-4-8-11)17-14(18)12-9-5-6-10-16-12/h2-4,7-8,12-13,16H,5-6,9-10H2,1H3,(H,17,18)/t12-,13?/m1/s1. The number of rotatable bonds is 4. The zero-order valence-electron chi connectivity index (χ0n) is 11.6. The van der Waals surface area contributed by atoms with E-state index in [0.29, 0.717) is 0 Å².